The summed E-state index contributed by atoms with van der Waals surface area (Å²) in [6, 6.07) is 11.0. The highest BCUT2D eigenvalue weighted by Gasteiger charge is 2.08. The van der Waals surface area contributed by atoms with Gasteiger partial charge in [-0.1, -0.05) is 17.8 Å². The van der Waals surface area contributed by atoms with Gasteiger partial charge in [0.05, 0.1) is 0 Å². The molecule has 1 aromatic heterocycles. The smallest absolute Gasteiger partial charge is 0.223 e. The van der Waals surface area contributed by atoms with E-state index < -0.39 is 11.6 Å². The lowest BCUT2D eigenvalue weighted by Gasteiger charge is -2.08. The molecule has 128 valence electrons. The standard InChI is InChI=1S/C18H13F3N2OS/c1-11-8-17(24-14-5-3-13(19)4-6-14)23-18(22-11)25-10-12-2-7-15(20)16(21)9-12/h2-9H,10H2,1H3. The second kappa shape index (κ2) is 7.57. The summed E-state index contributed by atoms with van der Waals surface area (Å²) < 4.78 is 44.7. The molecule has 3 aromatic rings. The van der Waals surface area contributed by atoms with Crippen LogP contribution in [0.4, 0.5) is 13.2 Å². The first-order valence-corrected chi connectivity index (χ1v) is 8.34. The van der Waals surface area contributed by atoms with Crippen molar-refractivity contribution in [3.63, 3.8) is 0 Å². The Labute approximate surface area is 146 Å². The summed E-state index contributed by atoms with van der Waals surface area (Å²) in [5.41, 5.74) is 1.31. The van der Waals surface area contributed by atoms with Gasteiger partial charge in [-0.3, -0.25) is 0 Å². The number of hydrogen-bond acceptors (Lipinski definition) is 4. The summed E-state index contributed by atoms with van der Waals surface area (Å²) in [7, 11) is 0. The number of thioether (sulfide) groups is 1. The van der Waals surface area contributed by atoms with Crippen molar-refractivity contribution in [1.29, 1.82) is 0 Å². The van der Waals surface area contributed by atoms with Crippen LogP contribution in [0.5, 0.6) is 11.6 Å². The van der Waals surface area contributed by atoms with Gasteiger partial charge in [0.2, 0.25) is 5.88 Å². The second-order valence-corrected chi connectivity index (χ2v) is 6.17. The van der Waals surface area contributed by atoms with Gasteiger partial charge in [-0.05, 0) is 48.9 Å². The molecule has 0 spiro atoms. The molecule has 0 N–H and O–H groups in total. The number of aryl methyl sites for hydroxylation is 1. The molecule has 0 aliphatic rings. The van der Waals surface area contributed by atoms with Gasteiger partial charge >= 0.3 is 0 Å². The number of nitrogens with zero attached hydrogens (tertiary/aromatic N) is 2. The van der Waals surface area contributed by atoms with E-state index in [-0.39, 0.29) is 5.82 Å². The molecule has 0 bridgehead atoms. The fourth-order valence-corrected chi connectivity index (χ4v) is 2.87. The van der Waals surface area contributed by atoms with E-state index in [0.29, 0.717) is 33.8 Å². The van der Waals surface area contributed by atoms with Crippen molar-refractivity contribution >= 4 is 11.8 Å². The van der Waals surface area contributed by atoms with Crippen molar-refractivity contribution in [3.8, 4) is 11.6 Å². The molecule has 1 heterocycles. The minimum absolute atomic E-state index is 0.326. The highest BCUT2D eigenvalue weighted by atomic mass is 32.2. The summed E-state index contributed by atoms with van der Waals surface area (Å²) in [5, 5.41) is 0.446. The molecule has 3 nitrogen and oxygen atoms in total. The van der Waals surface area contributed by atoms with Gasteiger partial charge < -0.3 is 4.74 Å². The van der Waals surface area contributed by atoms with E-state index >= 15 is 0 Å². The lowest BCUT2D eigenvalue weighted by atomic mass is 10.2. The highest BCUT2D eigenvalue weighted by molar-refractivity contribution is 7.98. The number of benzene rings is 2. The summed E-state index contributed by atoms with van der Waals surface area (Å²) in [6.07, 6.45) is 0. The van der Waals surface area contributed by atoms with Gasteiger partial charge in [-0.2, -0.15) is 4.98 Å². The van der Waals surface area contributed by atoms with Crippen molar-refractivity contribution in [2.24, 2.45) is 0 Å². The maximum atomic E-state index is 13.2. The zero-order valence-corrected chi connectivity index (χ0v) is 14.0. The third kappa shape index (κ3) is 4.73. The SMILES string of the molecule is Cc1cc(Oc2ccc(F)cc2)nc(SCc2ccc(F)c(F)c2)n1. The lowest BCUT2D eigenvalue weighted by molar-refractivity contribution is 0.453. The summed E-state index contributed by atoms with van der Waals surface area (Å²) in [6.45, 7) is 1.79. The number of hydrogen-bond donors (Lipinski definition) is 0. The maximum Gasteiger partial charge on any atom is 0.223 e. The van der Waals surface area contributed by atoms with Gasteiger partial charge in [0.25, 0.3) is 0 Å². The normalized spacial score (nSPS) is 10.7. The first-order chi connectivity index (χ1) is 12.0. The summed E-state index contributed by atoms with van der Waals surface area (Å²) in [5.74, 6) is -0.951. The van der Waals surface area contributed by atoms with E-state index in [1.165, 1.54) is 42.1 Å². The van der Waals surface area contributed by atoms with Crippen molar-refractivity contribution in [2.45, 2.75) is 17.8 Å². The average molecular weight is 362 g/mol. The topological polar surface area (TPSA) is 35.0 Å². The highest BCUT2D eigenvalue weighted by Crippen LogP contribution is 2.25. The van der Waals surface area contributed by atoms with Crippen LogP contribution in [-0.4, -0.2) is 9.97 Å². The third-order valence-electron chi connectivity index (χ3n) is 3.20. The number of halogens is 3. The van der Waals surface area contributed by atoms with Gasteiger partial charge in [-0.25, -0.2) is 18.2 Å². The number of ether oxygens (including phenoxy) is 1. The largest absolute Gasteiger partial charge is 0.439 e. The Kier molecular flexibility index (Phi) is 5.23. The quantitative estimate of drug-likeness (QED) is 0.456. The zero-order chi connectivity index (χ0) is 17.8. The van der Waals surface area contributed by atoms with Crippen molar-refractivity contribution in [1.82, 2.24) is 9.97 Å². The predicted molar refractivity (Wildman–Crippen MR) is 89.2 cm³/mol. The molecule has 3 rings (SSSR count). The monoisotopic (exact) mass is 362 g/mol. The number of aromatic nitrogens is 2. The van der Waals surface area contributed by atoms with Crippen LogP contribution in [0.1, 0.15) is 11.3 Å². The molecule has 2 aromatic carbocycles. The molecule has 0 amide bonds. The molecule has 0 unspecified atom stereocenters. The van der Waals surface area contributed by atoms with Gasteiger partial charge in [0.15, 0.2) is 16.8 Å². The Morgan fingerprint density at radius 1 is 0.920 bits per heavy atom. The molecule has 0 saturated carbocycles. The molecule has 0 aliphatic heterocycles. The fraction of sp³-hybridized carbons (Fsp3) is 0.111. The lowest BCUT2D eigenvalue weighted by Crippen LogP contribution is -1.95. The van der Waals surface area contributed by atoms with Crippen molar-refractivity contribution in [3.05, 3.63) is 77.2 Å². The van der Waals surface area contributed by atoms with Crippen LogP contribution in [0.2, 0.25) is 0 Å². The van der Waals surface area contributed by atoms with E-state index in [2.05, 4.69) is 9.97 Å². The molecular weight excluding hydrogens is 349 g/mol. The molecular formula is C18H13F3N2OS. The minimum atomic E-state index is -0.886. The summed E-state index contributed by atoms with van der Waals surface area (Å²) in [4.78, 5) is 8.56. The Morgan fingerprint density at radius 3 is 2.40 bits per heavy atom. The molecule has 0 saturated heterocycles. The van der Waals surface area contributed by atoms with Gasteiger partial charge in [0, 0.05) is 17.5 Å². The maximum absolute atomic E-state index is 13.2. The Morgan fingerprint density at radius 2 is 1.68 bits per heavy atom. The molecule has 0 aliphatic carbocycles. The van der Waals surface area contributed by atoms with Crippen LogP contribution in [0, 0.1) is 24.4 Å². The van der Waals surface area contributed by atoms with Crippen LogP contribution in [0.25, 0.3) is 0 Å². The molecule has 0 fully saturated rings. The Bertz CT molecular complexity index is 888. The van der Waals surface area contributed by atoms with E-state index in [9.17, 15) is 13.2 Å². The van der Waals surface area contributed by atoms with Crippen molar-refractivity contribution < 1.29 is 17.9 Å². The fourth-order valence-electron chi connectivity index (χ4n) is 2.03. The Balaban J connectivity index is 1.72. The van der Waals surface area contributed by atoms with Crippen LogP contribution in [0.3, 0.4) is 0 Å². The van der Waals surface area contributed by atoms with Gasteiger partial charge in [0.1, 0.15) is 11.6 Å². The van der Waals surface area contributed by atoms with Crippen LogP contribution >= 0.6 is 11.8 Å². The predicted octanol–water partition coefficient (Wildman–Crippen LogP) is 5.29. The molecule has 0 radical (unpaired) electrons. The van der Waals surface area contributed by atoms with E-state index in [0.717, 1.165) is 12.1 Å². The molecule has 0 atom stereocenters. The van der Waals surface area contributed by atoms with E-state index in [1.807, 2.05) is 0 Å². The van der Waals surface area contributed by atoms with Crippen LogP contribution in [-0.2, 0) is 5.75 Å². The zero-order valence-electron chi connectivity index (χ0n) is 13.2. The first kappa shape index (κ1) is 17.3. The second-order valence-electron chi connectivity index (χ2n) is 5.22. The number of rotatable bonds is 5. The average Bonchev–Trinajstić information content (AvgIpc) is 2.58. The summed E-state index contributed by atoms with van der Waals surface area (Å²) >= 11 is 1.28. The van der Waals surface area contributed by atoms with Crippen LogP contribution < -0.4 is 4.74 Å². The molecule has 7 heteroatoms. The van der Waals surface area contributed by atoms with Crippen LogP contribution in [0.15, 0.2) is 53.7 Å². The Hall–Kier alpha value is -2.54. The van der Waals surface area contributed by atoms with E-state index in [4.69, 9.17) is 4.74 Å². The first-order valence-electron chi connectivity index (χ1n) is 7.35. The minimum Gasteiger partial charge on any atom is -0.439 e. The third-order valence-corrected chi connectivity index (χ3v) is 4.12. The van der Waals surface area contributed by atoms with Gasteiger partial charge in [-0.15, -0.1) is 0 Å². The van der Waals surface area contributed by atoms with Crippen molar-refractivity contribution in [2.75, 3.05) is 0 Å². The van der Waals surface area contributed by atoms with E-state index in [1.54, 1.807) is 13.0 Å². The molecule has 25 heavy (non-hydrogen) atoms.